The molecular weight excluding hydrogens is 370 g/mol. The van der Waals surface area contributed by atoms with Crippen molar-refractivity contribution >= 4 is 29.3 Å². The number of urea groups is 1. The standard InChI is InChI=1S/C22H25N3O4/c26-20-11-6-14-25(20)19-10-5-4-9-18(19)24-22(29)23-17(12-13-21(27)28)15-16-7-2-1-3-8-16/h1-5,7-10,17H,6,11-15H2,(H,27,28)(H2,23,24,29). The number of carboxylic acids is 1. The Morgan fingerprint density at radius 1 is 1.07 bits per heavy atom. The third-order valence-corrected chi connectivity index (χ3v) is 4.88. The minimum absolute atomic E-state index is 0.0311. The molecule has 2 aromatic carbocycles. The highest BCUT2D eigenvalue weighted by molar-refractivity contribution is 6.01. The molecule has 152 valence electrons. The van der Waals surface area contributed by atoms with Gasteiger partial charge in [-0.2, -0.15) is 0 Å². The first-order valence-corrected chi connectivity index (χ1v) is 9.75. The highest BCUT2D eigenvalue weighted by Gasteiger charge is 2.24. The monoisotopic (exact) mass is 395 g/mol. The summed E-state index contributed by atoms with van der Waals surface area (Å²) in [6.07, 6.45) is 2.14. The lowest BCUT2D eigenvalue weighted by Gasteiger charge is -2.22. The fourth-order valence-electron chi connectivity index (χ4n) is 3.48. The second kappa shape index (κ2) is 9.73. The number of anilines is 2. The molecule has 1 fully saturated rings. The van der Waals surface area contributed by atoms with Crippen LogP contribution in [0.15, 0.2) is 54.6 Å². The number of amides is 3. The zero-order valence-corrected chi connectivity index (χ0v) is 16.1. The van der Waals surface area contributed by atoms with Crippen LogP contribution in [0.2, 0.25) is 0 Å². The van der Waals surface area contributed by atoms with Crippen molar-refractivity contribution in [1.29, 1.82) is 0 Å². The van der Waals surface area contributed by atoms with E-state index < -0.39 is 12.0 Å². The fourth-order valence-corrected chi connectivity index (χ4v) is 3.48. The van der Waals surface area contributed by atoms with Crippen LogP contribution < -0.4 is 15.5 Å². The van der Waals surface area contributed by atoms with Crippen LogP contribution in [-0.2, 0) is 16.0 Å². The van der Waals surface area contributed by atoms with Crippen molar-refractivity contribution in [2.45, 2.75) is 38.1 Å². The maximum atomic E-state index is 12.6. The van der Waals surface area contributed by atoms with Gasteiger partial charge in [0.15, 0.2) is 0 Å². The molecule has 0 spiro atoms. The lowest BCUT2D eigenvalue weighted by molar-refractivity contribution is -0.137. The van der Waals surface area contributed by atoms with Gasteiger partial charge in [-0.15, -0.1) is 0 Å². The first-order chi connectivity index (χ1) is 14.0. The Labute approximate surface area is 169 Å². The van der Waals surface area contributed by atoms with Crippen LogP contribution in [0, 0.1) is 0 Å². The van der Waals surface area contributed by atoms with E-state index >= 15 is 0 Å². The van der Waals surface area contributed by atoms with Gasteiger partial charge in [0.25, 0.3) is 0 Å². The Morgan fingerprint density at radius 3 is 2.48 bits per heavy atom. The van der Waals surface area contributed by atoms with Crippen molar-refractivity contribution < 1.29 is 19.5 Å². The molecule has 0 saturated carbocycles. The molecule has 3 rings (SSSR count). The summed E-state index contributed by atoms with van der Waals surface area (Å²) in [5.74, 6) is -0.855. The zero-order chi connectivity index (χ0) is 20.6. The van der Waals surface area contributed by atoms with Crippen molar-refractivity contribution in [3.05, 3.63) is 60.2 Å². The van der Waals surface area contributed by atoms with Gasteiger partial charge in [0, 0.05) is 25.4 Å². The van der Waals surface area contributed by atoms with Gasteiger partial charge in [-0.05, 0) is 37.0 Å². The van der Waals surface area contributed by atoms with Gasteiger partial charge in [-0.25, -0.2) is 4.79 Å². The minimum atomic E-state index is -0.900. The van der Waals surface area contributed by atoms with Gasteiger partial charge in [0.1, 0.15) is 0 Å². The van der Waals surface area contributed by atoms with E-state index in [0.29, 0.717) is 37.2 Å². The second-order valence-corrected chi connectivity index (χ2v) is 7.08. The van der Waals surface area contributed by atoms with Gasteiger partial charge < -0.3 is 20.6 Å². The Hall–Kier alpha value is -3.35. The van der Waals surface area contributed by atoms with Crippen molar-refractivity contribution in [2.24, 2.45) is 0 Å². The molecule has 1 aliphatic heterocycles. The molecule has 2 aromatic rings. The summed E-state index contributed by atoms with van der Waals surface area (Å²) in [7, 11) is 0. The number of hydrogen-bond donors (Lipinski definition) is 3. The number of carbonyl (C=O) groups excluding carboxylic acids is 2. The molecule has 1 saturated heterocycles. The van der Waals surface area contributed by atoms with E-state index in [9.17, 15) is 14.4 Å². The first kappa shape index (κ1) is 20.4. The van der Waals surface area contributed by atoms with Gasteiger partial charge >= 0.3 is 12.0 Å². The van der Waals surface area contributed by atoms with Crippen LogP contribution in [0.5, 0.6) is 0 Å². The van der Waals surface area contributed by atoms with E-state index in [0.717, 1.165) is 12.0 Å². The molecule has 1 unspecified atom stereocenters. The molecule has 3 N–H and O–H groups in total. The highest BCUT2D eigenvalue weighted by atomic mass is 16.4. The van der Waals surface area contributed by atoms with Crippen molar-refractivity contribution in [2.75, 3.05) is 16.8 Å². The van der Waals surface area contributed by atoms with E-state index in [-0.39, 0.29) is 18.4 Å². The largest absolute Gasteiger partial charge is 0.481 e. The van der Waals surface area contributed by atoms with Crippen LogP contribution in [0.4, 0.5) is 16.2 Å². The summed E-state index contributed by atoms with van der Waals surface area (Å²) >= 11 is 0. The predicted octanol–water partition coefficient (Wildman–Crippen LogP) is 3.41. The lowest BCUT2D eigenvalue weighted by atomic mass is 10.0. The van der Waals surface area contributed by atoms with Gasteiger partial charge in [0.05, 0.1) is 11.4 Å². The third kappa shape index (κ3) is 5.81. The van der Waals surface area contributed by atoms with E-state index in [4.69, 9.17) is 5.11 Å². The molecule has 0 radical (unpaired) electrons. The molecule has 3 amide bonds. The first-order valence-electron chi connectivity index (χ1n) is 9.75. The topological polar surface area (TPSA) is 98.7 Å². The quantitative estimate of drug-likeness (QED) is 0.638. The summed E-state index contributed by atoms with van der Waals surface area (Å²) in [5.41, 5.74) is 2.25. The maximum Gasteiger partial charge on any atom is 0.319 e. The lowest BCUT2D eigenvalue weighted by Crippen LogP contribution is -2.40. The number of para-hydroxylation sites is 2. The SMILES string of the molecule is O=C(O)CCC(Cc1ccccc1)NC(=O)Nc1ccccc1N1CCCC1=O. The van der Waals surface area contributed by atoms with Gasteiger partial charge in [0.2, 0.25) is 5.91 Å². The predicted molar refractivity (Wildman–Crippen MR) is 111 cm³/mol. The Bertz CT molecular complexity index is 869. The smallest absolute Gasteiger partial charge is 0.319 e. The molecule has 0 aromatic heterocycles. The maximum absolute atomic E-state index is 12.6. The molecule has 0 aliphatic carbocycles. The van der Waals surface area contributed by atoms with Crippen LogP contribution in [0.3, 0.4) is 0 Å². The average molecular weight is 395 g/mol. The number of aliphatic carboxylic acids is 1. The number of carboxylic acid groups (broad SMARTS) is 1. The highest BCUT2D eigenvalue weighted by Crippen LogP contribution is 2.29. The number of benzene rings is 2. The number of nitrogens with zero attached hydrogens (tertiary/aromatic N) is 1. The molecular formula is C22H25N3O4. The van der Waals surface area contributed by atoms with Crippen molar-refractivity contribution in [1.82, 2.24) is 5.32 Å². The Kier molecular flexibility index (Phi) is 6.84. The summed E-state index contributed by atoms with van der Waals surface area (Å²) in [6, 6.07) is 16.1. The fraction of sp³-hybridized carbons (Fsp3) is 0.318. The zero-order valence-electron chi connectivity index (χ0n) is 16.1. The van der Waals surface area contributed by atoms with E-state index in [1.54, 1.807) is 17.0 Å². The third-order valence-electron chi connectivity index (χ3n) is 4.88. The van der Waals surface area contributed by atoms with Crippen LogP contribution in [0.1, 0.15) is 31.2 Å². The normalized spacial score (nSPS) is 14.5. The number of carbonyl (C=O) groups is 3. The van der Waals surface area contributed by atoms with Crippen molar-refractivity contribution in [3.63, 3.8) is 0 Å². The Morgan fingerprint density at radius 2 is 1.79 bits per heavy atom. The minimum Gasteiger partial charge on any atom is -0.481 e. The summed E-state index contributed by atoms with van der Waals surface area (Å²) in [4.78, 5) is 37.4. The van der Waals surface area contributed by atoms with E-state index in [1.807, 2.05) is 42.5 Å². The van der Waals surface area contributed by atoms with E-state index in [1.165, 1.54) is 0 Å². The van der Waals surface area contributed by atoms with Crippen molar-refractivity contribution in [3.8, 4) is 0 Å². The molecule has 7 heteroatoms. The van der Waals surface area contributed by atoms with Crippen LogP contribution >= 0.6 is 0 Å². The van der Waals surface area contributed by atoms with Gasteiger partial charge in [-0.3, -0.25) is 9.59 Å². The summed E-state index contributed by atoms with van der Waals surface area (Å²) < 4.78 is 0. The second-order valence-electron chi connectivity index (χ2n) is 7.08. The molecule has 1 aliphatic rings. The number of nitrogens with one attached hydrogen (secondary N) is 2. The summed E-state index contributed by atoms with van der Waals surface area (Å²) in [6.45, 7) is 0.633. The van der Waals surface area contributed by atoms with Gasteiger partial charge in [-0.1, -0.05) is 42.5 Å². The van der Waals surface area contributed by atoms with E-state index in [2.05, 4.69) is 10.6 Å². The average Bonchev–Trinajstić information content (AvgIpc) is 3.13. The molecule has 7 nitrogen and oxygen atoms in total. The number of rotatable bonds is 8. The molecule has 1 heterocycles. The summed E-state index contributed by atoms with van der Waals surface area (Å²) in [5, 5.41) is 14.7. The molecule has 1 atom stereocenters. The molecule has 0 bridgehead atoms. The van der Waals surface area contributed by atoms with Crippen LogP contribution in [0.25, 0.3) is 0 Å². The van der Waals surface area contributed by atoms with Crippen LogP contribution in [-0.4, -0.2) is 35.6 Å². The number of hydrogen-bond acceptors (Lipinski definition) is 3. The Balaban J connectivity index is 1.68. The molecule has 29 heavy (non-hydrogen) atoms.